The predicted octanol–water partition coefficient (Wildman–Crippen LogP) is 1.65. The maximum absolute atomic E-state index is 9.47. The van der Waals surface area contributed by atoms with Crippen LogP contribution in [0.3, 0.4) is 0 Å². The third-order valence-electron chi connectivity index (χ3n) is 3.39. The Labute approximate surface area is 97.9 Å². The number of nitrogens with two attached hydrogens (primary N) is 1. The summed E-state index contributed by atoms with van der Waals surface area (Å²) in [6.07, 6.45) is 1.31. The lowest BCUT2D eigenvalue weighted by atomic mass is 9.67. The third kappa shape index (κ3) is 1.38. The SMILES string of the molecule is NCC1(c2nc3ccccc3s2)CC(O)C1. The van der Waals surface area contributed by atoms with Gasteiger partial charge in [0, 0.05) is 12.0 Å². The van der Waals surface area contributed by atoms with Gasteiger partial charge in [-0.25, -0.2) is 4.98 Å². The molecule has 0 amide bonds. The summed E-state index contributed by atoms with van der Waals surface area (Å²) in [5, 5.41) is 10.6. The molecule has 1 aromatic carbocycles. The van der Waals surface area contributed by atoms with E-state index in [1.54, 1.807) is 11.3 Å². The fourth-order valence-electron chi connectivity index (χ4n) is 2.37. The fraction of sp³-hybridized carbons (Fsp3) is 0.417. The molecular formula is C12H14N2OS. The van der Waals surface area contributed by atoms with E-state index in [4.69, 9.17) is 5.73 Å². The molecule has 0 atom stereocenters. The zero-order chi connectivity index (χ0) is 11.2. The van der Waals surface area contributed by atoms with Crippen LogP contribution >= 0.6 is 11.3 Å². The lowest BCUT2D eigenvalue weighted by Gasteiger charge is -2.43. The highest BCUT2D eigenvalue weighted by Gasteiger charge is 2.46. The summed E-state index contributed by atoms with van der Waals surface area (Å²) in [4.78, 5) is 4.64. The number of hydrogen-bond acceptors (Lipinski definition) is 4. The van der Waals surface area contributed by atoms with Gasteiger partial charge in [-0.1, -0.05) is 12.1 Å². The Balaban J connectivity index is 2.05. The first-order valence-electron chi connectivity index (χ1n) is 5.48. The van der Waals surface area contributed by atoms with Crippen LogP contribution in [0.1, 0.15) is 17.8 Å². The number of rotatable bonds is 2. The van der Waals surface area contributed by atoms with Crippen LogP contribution in [-0.2, 0) is 5.41 Å². The van der Waals surface area contributed by atoms with Crippen LogP contribution in [0.5, 0.6) is 0 Å². The first-order chi connectivity index (χ1) is 7.73. The smallest absolute Gasteiger partial charge is 0.101 e. The van der Waals surface area contributed by atoms with Crippen LogP contribution in [0, 0.1) is 0 Å². The van der Waals surface area contributed by atoms with E-state index < -0.39 is 0 Å². The number of aliphatic hydroxyl groups excluding tert-OH is 1. The minimum Gasteiger partial charge on any atom is -0.393 e. The van der Waals surface area contributed by atoms with E-state index in [0.717, 1.165) is 23.4 Å². The van der Waals surface area contributed by atoms with Crippen LogP contribution in [0.15, 0.2) is 24.3 Å². The number of aromatic nitrogens is 1. The zero-order valence-corrected chi connectivity index (χ0v) is 9.70. The van der Waals surface area contributed by atoms with Gasteiger partial charge in [-0.3, -0.25) is 0 Å². The minimum atomic E-state index is -0.199. The Kier molecular flexibility index (Phi) is 2.24. The molecule has 84 valence electrons. The molecule has 0 saturated heterocycles. The Bertz CT molecular complexity index is 483. The molecule has 1 heterocycles. The van der Waals surface area contributed by atoms with Gasteiger partial charge in [-0.15, -0.1) is 11.3 Å². The summed E-state index contributed by atoms with van der Waals surface area (Å²) < 4.78 is 1.20. The highest BCUT2D eigenvalue weighted by molar-refractivity contribution is 7.18. The molecule has 0 spiro atoms. The zero-order valence-electron chi connectivity index (χ0n) is 8.89. The van der Waals surface area contributed by atoms with Crippen molar-refractivity contribution in [2.75, 3.05) is 6.54 Å². The number of benzene rings is 1. The van der Waals surface area contributed by atoms with Gasteiger partial charge in [0.05, 0.1) is 16.3 Å². The van der Waals surface area contributed by atoms with E-state index in [0.29, 0.717) is 6.54 Å². The van der Waals surface area contributed by atoms with Crippen molar-refractivity contribution in [1.82, 2.24) is 4.98 Å². The number of fused-ring (bicyclic) bond motifs is 1. The van der Waals surface area contributed by atoms with Crippen molar-refractivity contribution in [2.24, 2.45) is 5.73 Å². The molecule has 0 aliphatic heterocycles. The molecule has 0 bridgehead atoms. The molecule has 3 N–H and O–H groups in total. The van der Waals surface area contributed by atoms with E-state index in [-0.39, 0.29) is 11.5 Å². The molecule has 1 saturated carbocycles. The van der Waals surface area contributed by atoms with Crippen LogP contribution < -0.4 is 5.73 Å². The van der Waals surface area contributed by atoms with Crippen LogP contribution in [0.25, 0.3) is 10.2 Å². The van der Waals surface area contributed by atoms with Crippen LogP contribution in [-0.4, -0.2) is 22.7 Å². The lowest BCUT2D eigenvalue weighted by molar-refractivity contribution is 0.0221. The van der Waals surface area contributed by atoms with Gasteiger partial charge in [-0.05, 0) is 25.0 Å². The molecule has 1 aromatic heterocycles. The van der Waals surface area contributed by atoms with Crippen molar-refractivity contribution in [2.45, 2.75) is 24.4 Å². The fourth-order valence-corrected chi connectivity index (χ4v) is 3.55. The second-order valence-electron chi connectivity index (χ2n) is 4.53. The molecule has 4 heteroatoms. The van der Waals surface area contributed by atoms with E-state index >= 15 is 0 Å². The maximum atomic E-state index is 9.47. The van der Waals surface area contributed by atoms with Gasteiger partial charge < -0.3 is 10.8 Å². The second kappa shape index (κ2) is 3.52. The van der Waals surface area contributed by atoms with Gasteiger partial charge >= 0.3 is 0 Å². The summed E-state index contributed by atoms with van der Waals surface area (Å²) >= 11 is 1.70. The molecule has 16 heavy (non-hydrogen) atoms. The quantitative estimate of drug-likeness (QED) is 0.830. The van der Waals surface area contributed by atoms with E-state index in [9.17, 15) is 5.11 Å². The predicted molar refractivity (Wildman–Crippen MR) is 65.6 cm³/mol. The van der Waals surface area contributed by atoms with Crippen molar-refractivity contribution in [3.8, 4) is 0 Å². The molecule has 3 rings (SSSR count). The molecule has 1 aliphatic carbocycles. The number of para-hydroxylation sites is 1. The van der Waals surface area contributed by atoms with Gasteiger partial charge in [0.2, 0.25) is 0 Å². The summed E-state index contributed by atoms with van der Waals surface area (Å²) in [5.41, 5.74) is 6.81. The Morgan fingerprint density at radius 3 is 2.81 bits per heavy atom. The lowest BCUT2D eigenvalue weighted by Crippen LogP contribution is -2.49. The van der Waals surface area contributed by atoms with E-state index in [2.05, 4.69) is 11.1 Å². The first-order valence-corrected chi connectivity index (χ1v) is 6.29. The van der Waals surface area contributed by atoms with Crippen molar-refractivity contribution >= 4 is 21.6 Å². The van der Waals surface area contributed by atoms with Gasteiger partial charge in [0.25, 0.3) is 0 Å². The highest BCUT2D eigenvalue weighted by atomic mass is 32.1. The second-order valence-corrected chi connectivity index (χ2v) is 5.56. The average molecular weight is 234 g/mol. The van der Waals surface area contributed by atoms with Crippen molar-refractivity contribution in [3.05, 3.63) is 29.3 Å². The molecule has 2 aromatic rings. The van der Waals surface area contributed by atoms with Crippen LogP contribution in [0.2, 0.25) is 0 Å². The molecule has 1 fully saturated rings. The molecule has 1 aliphatic rings. The Hall–Kier alpha value is -0.970. The van der Waals surface area contributed by atoms with Gasteiger partial charge in [-0.2, -0.15) is 0 Å². The normalized spacial score (nSPS) is 29.2. The Morgan fingerprint density at radius 1 is 1.44 bits per heavy atom. The van der Waals surface area contributed by atoms with Crippen molar-refractivity contribution < 1.29 is 5.11 Å². The summed E-state index contributed by atoms with van der Waals surface area (Å²) in [6.45, 7) is 0.573. The number of aliphatic hydroxyl groups is 1. The Morgan fingerprint density at radius 2 is 2.19 bits per heavy atom. The largest absolute Gasteiger partial charge is 0.393 e. The van der Waals surface area contributed by atoms with Gasteiger partial charge in [0.1, 0.15) is 5.01 Å². The summed E-state index contributed by atoms with van der Waals surface area (Å²) in [7, 11) is 0. The average Bonchev–Trinajstić information content (AvgIpc) is 2.68. The molecule has 0 radical (unpaired) electrons. The standard InChI is InChI=1S/C12H14N2OS/c13-7-12(5-8(15)6-12)11-14-9-3-1-2-4-10(9)16-11/h1-4,8,15H,5-7,13H2. The molecule has 0 unspecified atom stereocenters. The molecule has 3 nitrogen and oxygen atoms in total. The highest BCUT2D eigenvalue weighted by Crippen LogP contribution is 2.45. The topological polar surface area (TPSA) is 59.1 Å². The summed E-state index contributed by atoms with van der Waals surface area (Å²) in [6, 6.07) is 8.12. The third-order valence-corrected chi connectivity index (χ3v) is 4.67. The van der Waals surface area contributed by atoms with E-state index in [1.165, 1.54) is 4.70 Å². The minimum absolute atomic E-state index is 0.0664. The van der Waals surface area contributed by atoms with Crippen molar-refractivity contribution in [3.63, 3.8) is 0 Å². The first kappa shape index (κ1) is 10.2. The number of thiazole rings is 1. The molecular weight excluding hydrogens is 220 g/mol. The maximum Gasteiger partial charge on any atom is 0.101 e. The van der Waals surface area contributed by atoms with Crippen molar-refractivity contribution in [1.29, 1.82) is 0 Å². The van der Waals surface area contributed by atoms with Crippen LogP contribution in [0.4, 0.5) is 0 Å². The summed E-state index contributed by atoms with van der Waals surface area (Å²) in [5.74, 6) is 0. The number of nitrogens with zero attached hydrogens (tertiary/aromatic N) is 1. The van der Waals surface area contributed by atoms with Gasteiger partial charge in [0.15, 0.2) is 0 Å². The van der Waals surface area contributed by atoms with E-state index in [1.807, 2.05) is 18.2 Å². The monoisotopic (exact) mass is 234 g/mol. The number of hydrogen-bond donors (Lipinski definition) is 2.